The van der Waals surface area contributed by atoms with Gasteiger partial charge in [-0.15, -0.1) is 23.1 Å². The van der Waals surface area contributed by atoms with Crippen molar-refractivity contribution in [2.45, 2.75) is 22.5 Å². The molecule has 2 rings (SSSR count). The zero-order chi connectivity index (χ0) is 13.5. The van der Waals surface area contributed by atoms with Gasteiger partial charge < -0.3 is 5.11 Å². The van der Waals surface area contributed by atoms with Crippen LogP contribution in [0.1, 0.15) is 6.92 Å². The first kappa shape index (κ1) is 14.1. The summed E-state index contributed by atoms with van der Waals surface area (Å²) in [6.07, 6.45) is 0. The quantitative estimate of drug-likeness (QED) is 0.918. The normalized spacial score (nSPS) is 25.4. The number of aliphatic carboxylic acids is 1. The van der Waals surface area contributed by atoms with Crippen molar-refractivity contribution in [2.24, 2.45) is 0 Å². The molecule has 2 unspecified atom stereocenters. The number of thioether (sulfide) groups is 1. The molecule has 0 bridgehead atoms. The van der Waals surface area contributed by atoms with Gasteiger partial charge in [-0.25, -0.2) is 8.42 Å². The highest BCUT2D eigenvalue weighted by atomic mass is 35.5. The molecular formula is C9H10ClNO4S3. The molecule has 2 atom stereocenters. The van der Waals surface area contributed by atoms with Gasteiger partial charge in [0.05, 0.1) is 9.71 Å². The van der Waals surface area contributed by atoms with E-state index in [4.69, 9.17) is 16.7 Å². The summed E-state index contributed by atoms with van der Waals surface area (Å²) in [5.74, 6) is -0.868. The number of rotatable bonds is 3. The van der Waals surface area contributed by atoms with Crippen molar-refractivity contribution in [1.82, 2.24) is 4.31 Å². The Morgan fingerprint density at radius 2 is 2.22 bits per heavy atom. The Balaban J connectivity index is 2.42. The van der Waals surface area contributed by atoms with E-state index in [1.165, 1.54) is 23.9 Å². The topological polar surface area (TPSA) is 74.7 Å². The van der Waals surface area contributed by atoms with Gasteiger partial charge in [0.1, 0.15) is 10.3 Å². The number of sulfonamides is 1. The van der Waals surface area contributed by atoms with Crippen LogP contribution in [0.5, 0.6) is 0 Å². The van der Waals surface area contributed by atoms with Gasteiger partial charge in [-0.3, -0.25) is 4.79 Å². The Morgan fingerprint density at radius 3 is 2.72 bits per heavy atom. The molecule has 1 fully saturated rings. The predicted octanol–water partition coefficient (Wildman–Crippen LogP) is 1.94. The molecule has 18 heavy (non-hydrogen) atoms. The van der Waals surface area contributed by atoms with Gasteiger partial charge in [0.2, 0.25) is 0 Å². The van der Waals surface area contributed by atoms with Crippen molar-refractivity contribution in [2.75, 3.05) is 5.75 Å². The molecule has 0 spiro atoms. The third-order valence-corrected chi connectivity index (χ3v) is 7.56. The minimum absolute atomic E-state index is 0.0769. The average Bonchev–Trinajstić information content (AvgIpc) is 2.84. The Hall–Kier alpha value is -0.280. The molecule has 1 saturated heterocycles. The second-order valence-corrected chi connectivity index (χ2v) is 8.81. The van der Waals surface area contributed by atoms with E-state index in [9.17, 15) is 13.2 Å². The molecule has 5 nitrogen and oxygen atoms in total. The minimum atomic E-state index is -3.80. The fourth-order valence-electron chi connectivity index (χ4n) is 1.71. The Kier molecular flexibility index (Phi) is 3.93. The molecule has 1 aromatic rings. The van der Waals surface area contributed by atoms with Crippen LogP contribution in [0.25, 0.3) is 0 Å². The highest BCUT2D eigenvalue weighted by Crippen LogP contribution is 2.37. The van der Waals surface area contributed by atoms with Crippen LogP contribution in [0, 0.1) is 0 Å². The van der Waals surface area contributed by atoms with Crippen LogP contribution in [0.4, 0.5) is 0 Å². The van der Waals surface area contributed by atoms with Crippen molar-refractivity contribution in [3.05, 3.63) is 16.5 Å². The summed E-state index contributed by atoms with van der Waals surface area (Å²) in [4.78, 5) is 11.1. The lowest BCUT2D eigenvalue weighted by Gasteiger charge is -2.23. The van der Waals surface area contributed by atoms with E-state index in [2.05, 4.69) is 0 Å². The second kappa shape index (κ2) is 5.01. The van der Waals surface area contributed by atoms with Crippen molar-refractivity contribution in [3.63, 3.8) is 0 Å². The maximum absolute atomic E-state index is 12.4. The van der Waals surface area contributed by atoms with Crippen molar-refractivity contribution in [1.29, 1.82) is 0 Å². The zero-order valence-electron chi connectivity index (χ0n) is 9.24. The second-order valence-electron chi connectivity index (χ2n) is 3.68. The number of halogens is 1. The zero-order valence-corrected chi connectivity index (χ0v) is 12.4. The van der Waals surface area contributed by atoms with Crippen LogP contribution in [0.2, 0.25) is 4.34 Å². The number of nitrogens with zero attached hydrogens (tertiary/aromatic N) is 1. The molecule has 1 aliphatic rings. The highest BCUT2D eigenvalue weighted by Gasteiger charge is 2.44. The van der Waals surface area contributed by atoms with Gasteiger partial charge in [0, 0.05) is 5.75 Å². The molecule has 0 saturated carbocycles. The first-order chi connectivity index (χ1) is 8.34. The first-order valence-electron chi connectivity index (χ1n) is 4.97. The van der Waals surface area contributed by atoms with Gasteiger partial charge in [-0.05, 0) is 19.1 Å². The third kappa shape index (κ3) is 2.39. The summed E-state index contributed by atoms with van der Waals surface area (Å²) in [5.41, 5.74) is 0. The van der Waals surface area contributed by atoms with Gasteiger partial charge in [-0.1, -0.05) is 11.6 Å². The molecular weight excluding hydrogens is 318 g/mol. The van der Waals surface area contributed by atoms with Crippen molar-refractivity contribution >= 4 is 50.7 Å². The van der Waals surface area contributed by atoms with Gasteiger partial charge in [-0.2, -0.15) is 4.31 Å². The minimum Gasteiger partial charge on any atom is -0.480 e. The SMILES string of the molecule is CC1SCC(C(=O)O)N1S(=O)(=O)c1ccc(Cl)s1. The highest BCUT2D eigenvalue weighted by molar-refractivity contribution is 8.01. The van der Waals surface area contributed by atoms with Gasteiger partial charge in [0.15, 0.2) is 0 Å². The van der Waals surface area contributed by atoms with Crippen LogP contribution < -0.4 is 0 Å². The lowest BCUT2D eigenvalue weighted by atomic mass is 10.3. The molecule has 0 radical (unpaired) electrons. The molecule has 100 valence electrons. The first-order valence-corrected chi connectivity index (χ1v) is 8.65. The predicted molar refractivity (Wildman–Crippen MR) is 71.7 cm³/mol. The summed E-state index contributed by atoms with van der Waals surface area (Å²) >= 11 is 7.96. The fourth-order valence-corrected chi connectivity index (χ4v) is 6.59. The van der Waals surface area contributed by atoms with Crippen LogP contribution in [0.15, 0.2) is 16.3 Å². The Morgan fingerprint density at radius 1 is 1.56 bits per heavy atom. The van der Waals surface area contributed by atoms with Crippen molar-refractivity contribution in [3.8, 4) is 0 Å². The number of hydrogen-bond donors (Lipinski definition) is 1. The molecule has 9 heteroatoms. The average molecular weight is 328 g/mol. The van der Waals surface area contributed by atoms with E-state index < -0.39 is 27.4 Å². The number of carboxylic acid groups (broad SMARTS) is 1. The van der Waals surface area contributed by atoms with E-state index in [0.29, 0.717) is 4.34 Å². The maximum Gasteiger partial charge on any atom is 0.322 e. The van der Waals surface area contributed by atoms with Crippen LogP contribution in [0.3, 0.4) is 0 Å². The van der Waals surface area contributed by atoms with Crippen LogP contribution in [-0.2, 0) is 14.8 Å². The van der Waals surface area contributed by atoms with E-state index in [1.807, 2.05) is 0 Å². The maximum atomic E-state index is 12.4. The van der Waals surface area contributed by atoms with Gasteiger partial charge >= 0.3 is 5.97 Å². The van der Waals surface area contributed by atoms with E-state index in [-0.39, 0.29) is 9.96 Å². The molecule has 0 aliphatic carbocycles. The van der Waals surface area contributed by atoms with Crippen LogP contribution >= 0.6 is 34.7 Å². The monoisotopic (exact) mass is 327 g/mol. The number of carboxylic acids is 1. The smallest absolute Gasteiger partial charge is 0.322 e. The lowest BCUT2D eigenvalue weighted by molar-refractivity contribution is -0.140. The standard InChI is InChI=1S/C9H10ClNO4S3/c1-5-11(6(4-16-5)9(12)13)18(14,15)8-3-2-7(10)17-8/h2-3,5-6H,4H2,1H3,(H,12,13). The summed E-state index contributed by atoms with van der Waals surface area (Å²) in [5, 5.41) is 8.68. The molecule has 1 N–H and O–H groups in total. The molecule has 1 aliphatic heterocycles. The number of thiophene rings is 1. The van der Waals surface area contributed by atoms with Gasteiger partial charge in [0.25, 0.3) is 10.0 Å². The largest absolute Gasteiger partial charge is 0.480 e. The number of carbonyl (C=O) groups is 1. The van der Waals surface area contributed by atoms with E-state index in [0.717, 1.165) is 15.6 Å². The summed E-state index contributed by atoms with van der Waals surface area (Å²) in [6, 6.07) is 1.87. The lowest BCUT2D eigenvalue weighted by Crippen LogP contribution is -2.44. The fraction of sp³-hybridized carbons (Fsp3) is 0.444. The van der Waals surface area contributed by atoms with Crippen LogP contribution in [-0.4, -0.2) is 41.0 Å². The van der Waals surface area contributed by atoms with Crippen molar-refractivity contribution < 1.29 is 18.3 Å². The summed E-state index contributed by atoms with van der Waals surface area (Å²) in [6.45, 7) is 1.68. The summed E-state index contributed by atoms with van der Waals surface area (Å²) < 4.78 is 26.2. The molecule has 2 heterocycles. The van der Waals surface area contributed by atoms with E-state index >= 15 is 0 Å². The third-order valence-electron chi connectivity index (χ3n) is 2.53. The van der Waals surface area contributed by atoms with E-state index in [1.54, 1.807) is 6.92 Å². The Bertz CT molecular complexity index is 570. The molecule has 0 aromatic carbocycles. The number of hydrogen-bond acceptors (Lipinski definition) is 5. The Labute approximate surface area is 118 Å². The molecule has 1 aromatic heterocycles. The molecule has 0 amide bonds. The summed E-state index contributed by atoms with van der Waals surface area (Å²) in [7, 11) is -3.80.